The monoisotopic (exact) mass is 476 g/mol. The van der Waals surface area contributed by atoms with Gasteiger partial charge in [0.05, 0.1) is 41.5 Å². The standard InChI is InChI=1S/C25H24N4O4S/c1-32-20-6-3-17(4-7-20)19-14-26-25(27-15-19)29-16-23(34(2)31)21-8-5-18(13-22(21)29)24(30)28-9-11-33-12-10-28/h3-8,13-16H,9-12H2,1-2H3. The molecule has 1 atom stereocenters. The summed E-state index contributed by atoms with van der Waals surface area (Å²) >= 11 is 0. The molecule has 1 aliphatic heterocycles. The number of nitrogens with zero attached hydrogens (tertiary/aromatic N) is 4. The first-order valence-corrected chi connectivity index (χ1v) is 12.4. The number of hydrogen-bond donors (Lipinski definition) is 0. The van der Waals surface area contributed by atoms with E-state index in [2.05, 4.69) is 9.97 Å². The zero-order chi connectivity index (χ0) is 23.7. The van der Waals surface area contributed by atoms with Crippen LogP contribution in [0, 0.1) is 0 Å². The van der Waals surface area contributed by atoms with Crippen LogP contribution in [0.2, 0.25) is 0 Å². The maximum Gasteiger partial charge on any atom is 0.254 e. The average Bonchev–Trinajstić information content (AvgIpc) is 3.28. The summed E-state index contributed by atoms with van der Waals surface area (Å²) < 4.78 is 24.8. The van der Waals surface area contributed by atoms with E-state index in [1.165, 1.54) is 0 Å². The molecule has 5 rings (SSSR count). The van der Waals surface area contributed by atoms with E-state index in [0.29, 0.717) is 42.7 Å². The van der Waals surface area contributed by atoms with Gasteiger partial charge in [-0.2, -0.15) is 0 Å². The van der Waals surface area contributed by atoms with Gasteiger partial charge in [-0.3, -0.25) is 13.6 Å². The number of fused-ring (bicyclic) bond motifs is 1. The first kappa shape index (κ1) is 22.2. The minimum absolute atomic E-state index is 0.0482. The number of rotatable bonds is 5. The zero-order valence-electron chi connectivity index (χ0n) is 18.9. The van der Waals surface area contributed by atoms with E-state index in [-0.39, 0.29) is 5.91 Å². The molecule has 34 heavy (non-hydrogen) atoms. The average molecular weight is 477 g/mol. The highest BCUT2D eigenvalue weighted by molar-refractivity contribution is 7.84. The molecule has 0 N–H and O–H groups in total. The van der Waals surface area contributed by atoms with Crippen LogP contribution in [-0.2, 0) is 15.5 Å². The topological polar surface area (TPSA) is 86.6 Å². The van der Waals surface area contributed by atoms with Crippen molar-refractivity contribution in [1.29, 1.82) is 0 Å². The van der Waals surface area contributed by atoms with Gasteiger partial charge in [0, 0.05) is 54.4 Å². The largest absolute Gasteiger partial charge is 0.497 e. The van der Waals surface area contributed by atoms with Crippen molar-refractivity contribution in [2.45, 2.75) is 4.90 Å². The highest BCUT2D eigenvalue weighted by Gasteiger charge is 2.21. The molecular formula is C25H24N4O4S. The van der Waals surface area contributed by atoms with Gasteiger partial charge in [0.15, 0.2) is 0 Å². The fraction of sp³-hybridized carbons (Fsp3) is 0.240. The summed E-state index contributed by atoms with van der Waals surface area (Å²) in [4.78, 5) is 24.6. The normalized spacial score (nSPS) is 14.8. The predicted molar refractivity (Wildman–Crippen MR) is 130 cm³/mol. The maximum atomic E-state index is 13.0. The highest BCUT2D eigenvalue weighted by atomic mass is 32.2. The minimum atomic E-state index is -1.22. The molecule has 2 aromatic heterocycles. The number of morpholine rings is 1. The van der Waals surface area contributed by atoms with Crippen LogP contribution in [0.25, 0.3) is 28.0 Å². The van der Waals surface area contributed by atoms with Crippen molar-refractivity contribution < 1.29 is 18.5 Å². The van der Waals surface area contributed by atoms with Crippen LogP contribution in [0.15, 0.2) is 66.0 Å². The van der Waals surface area contributed by atoms with E-state index in [0.717, 1.165) is 27.8 Å². The number of carbonyl (C=O) groups excluding carboxylic acids is 1. The van der Waals surface area contributed by atoms with E-state index in [4.69, 9.17) is 9.47 Å². The Morgan fingerprint density at radius 3 is 2.38 bits per heavy atom. The van der Waals surface area contributed by atoms with Gasteiger partial charge in [-0.05, 0) is 29.8 Å². The summed E-state index contributed by atoms with van der Waals surface area (Å²) in [7, 11) is 0.415. The highest BCUT2D eigenvalue weighted by Crippen LogP contribution is 2.28. The summed E-state index contributed by atoms with van der Waals surface area (Å²) in [6, 6.07) is 13.1. The second-order valence-corrected chi connectivity index (χ2v) is 9.30. The first-order chi connectivity index (χ1) is 16.5. The van der Waals surface area contributed by atoms with Gasteiger partial charge in [0.2, 0.25) is 5.95 Å². The Morgan fingerprint density at radius 2 is 1.74 bits per heavy atom. The van der Waals surface area contributed by atoms with Gasteiger partial charge < -0.3 is 14.4 Å². The molecule has 2 aromatic carbocycles. The summed E-state index contributed by atoms with van der Waals surface area (Å²) in [6.07, 6.45) is 6.92. The third kappa shape index (κ3) is 4.20. The predicted octanol–water partition coefficient (Wildman–Crippen LogP) is 3.31. The Labute approximate surface area is 199 Å². The number of hydrogen-bond acceptors (Lipinski definition) is 6. The Balaban J connectivity index is 1.53. The Hall–Kier alpha value is -3.56. The van der Waals surface area contributed by atoms with Gasteiger partial charge in [-0.25, -0.2) is 9.97 Å². The minimum Gasteiger partial charge on any atom is -0.497 e. The maximum absolute atomic E-state index is 13.0. The smallest absolute Gasteiger partial charge is 0.254 e. The molecule has 4 aromatic rings. The van der Waals surface area contributed by atoms with E-state index in [1.807, 2.05) is 36.4 Å². The fourth-order valence-corrected chi connectivity index (χ4v) is 4.79. The SMILES string of the molecule is COc1ccc(-c2cnc(-n3cc(S(C)=O)c4ccc(C(=O)N5CCOCC5)cc43)nc2)cc1. The van der Waals surface area contributed by atoms with Crippen LogP contribution in [-0.4, -0.2) is 69.2 Å². The van der Waals surface area contributed by atoms with Gasteiger partial charge in [0.1, 0.15) is 5.75 Å². The summed E-state index contributed by atoms with van der Waals surface area (Å²) in [5.74, 6) is 1.17. The van der Waals surface area contributed by atoms with Crippen LogP contribution in [0.5, 0.6) is 5.75 Å². The molecular weight excluding hydrogens is 452 g/mol. The second-order valence-electron chi connectivity index (χ2n) is 7.95. The molecule has 1 unspecified atom stereocenters. The number of amides is 1. The van der Waals surface area contributed by atoms with Crippen molar-refractivity contribution in [3.05, 3.63) is 66.6 Å². The lowest BCUT2D eigenvalue weighted by Crippen LogP contribution is -2.40. The van der Waals surface area contributed by atoms with Crippen molar-refractivity contribution in [1.82, 2.24) is 19.4 Å². The summed E-state index contributed by atoms with van der Waals surface area (Å²) in [6.45, 7) is 2.21. The zero-order valence-corrected chi connectivity index (χ0v) is 19.7. The number of methoxy groups -OCH3 is 1. The Kier molecular flexibility index (Phi) is 6.12. The molecule has 0 saturated carbocycles. The summed E-state index contributed by atoms with van der Waals surface area (Å²) in [5.41, 5.74) is 3.14. The number of ether oxygens (including phenoxy) is 2. The van der Waals surface area contributed by atoms with Crippen LogP contribution < -0.4 is 4.74 Å². The molecule has 1 saturated heterocycles. The number of benzene rings is 2. The first-order valence-electron chi connectivity index (χ1n) is 10.9. The van der Waals surface area contributed by atoms with Crippen molar-refractivity contribution >= 4 is 27.6 Å². The lowest BCUT2D eigenvalue weighted by atomic mass is 10.1. The third-order valence-electron chi connectivity index (χ3n) is 5.90. The molecule has 9 heteroatoms. The molecule has 0 radical (unpaired) electrons. The lowest BCUT2D eigenvalue weighted by Gasteiger charge is -2.26. The number of carbonyl (C=O) groups is 1. The Morgan fingerprint density at radius 1 is 1.03 bits per heavy atom. The molecule has 0 aliphatic carbocycles. The molecule has 0 bridgehead atoms. The van der Waals surface area contributed by atoms with Crippen molar-refractivity contribution in [3.63, 3.8) is 0 Å². The quantitative estimate of drug-likeness (QED) is 0.439. The van der Waals surface area contributed by atoms with Gasteiger partial charge in [0.25, 0.3) is 5.91 Å². The Bertz CT molecular complexity index is 1360. The fourth-order valence-electron chi connectivity index (χ4n) is 4.05. The van der Waals surface area contributed by atoms with Crippen LogP contribution in [0.4, 0.5) is 0 Å². The lowest BCUT2D eigenvalue weighted by molar-refractivity contribution is 0.0303. The molecule has 3 heterocycles. The van der Waals surface area contributed by atoms with Crippen molar-refractivity contribution in [2.75, 3.05) is 39.7 Å². The van der Waals surface area contributed by atoms with E-state index >= 15 is 0 Å². The van der Waals surface area contributed by atoms with Crippen molar-refractivity contribution in [2.24, 2.45) is 0 Å². The second kappa shape index (κ2) is 9.36. The molecule has 1 fully saturated rings. The van der Waals surface area contributed by atoms with E-state index in [1.54, 1.807) is 47.5 Å². The van der Waals surface area contributed by atoms with Gasteiger partial charge in [-0.1, -0.05) is 18.2 Å². The van der Waals surface area contributed by atoms with Gasteiger partial charge in [-0.15, -0.1) is 0 Å². The molecule has 1 amide bonds. The van der Waals surface area contributed by atoms with Crippen LogP contribution >= 0.6 is 0 Å². The summed E-state index contributed by atoms with van der Waals surface area (Å²) in [5, 5.41) is 0.808. The van der Waals surface area contributed by atoms with Gasteiger partial charge >= 0.3 is 0 Å². The van der Waals surface area contributed by atoms with E-state index < -0.39 is 10.8 Å². The molecule has 1 aliphatic rings. The molecule has 0 spiro atoms. The van der Waals surface area contributed by atoms with Crippen molar-refractivity contribution in [3.8, 4) is 22.8 Å². The molecule has 174 valence electrons. The number of aromatic nitrogens is 3. The molecule has 8 nitrogen and oxygen atoms in total. The van der Waals surface area contributed by atoms with E-state index in [9.17, 15) is 9.00 Å². The third-order valence-corrected chi connectivity index (χ3v) is 6.85. The van der Waals surface area contributed by atoms with Crippen LogP contribution in [0.1, 0.15) is 10.4 Å². The van der Waals surface area contributed by atoms with Crippen LogP contribution in [0.3, 0.4) is 0 Å².